The Kier molecular flexibility index (Phi) is 6.92. The van der Waals surface area contributed by atoms with Gasteiger partial charge in [0.05, 0.1) is 12.2 Å². The van der Waals surface area contributed by atoms with E-state index in [4.69, 9.17) is 18.9 Å². The number of hydrogen-bond acceptors (Lipinski definition) is 8. The number of hydrogen-bond donors (Lipinski definition) is 0. The minimum absolute atomic E-state index is 0.236. The molecule has 0 N–H and O–H groups in total. The molecule has 0 bridgehead atoms. The fourth-order valence-corrected chi connectivity index (χ4v) is 3.86. The zero-order chi connectivity index (χ0) is 23.4. The van der Waals surface area contributed by atoms with Gasteiger partial charge in [-0.15, -0.1) is 0 Å². The van der Waals surface area contributed by atoms with Crippen molar-refractivity contribution in [3.8, 4) is 5.75 Å². The second-order valence-corrected chi connectivity index (χ2v) is 7.45. The van der Waals surface area contributed by atoms with Crippen molar-refractivity contribution < 1.29 is 38.1 Å². The van der Waals surface area contributed by atoms with Crippen LogP contribution in [0.25, 0.3) is 10.8 Å². The number of benzene rings is 2. The average molecular weight is 440 g/mol. The lowest BCUT2D eigenvalue weighted by molar-refractivity contribution is -0.174. The van der Waals surface area contributed by atoms with E-state index in [1.165, 1.54) is 34.0 Å². The van der Waals surface area contributed by atoms with E-state index in [9.17, 15) is 19.2 Å². The van der Waals surface area contributed by atoms with Crippen LogP contribution >= 0.6 is 0 Å². The first kappa shape index (κ1) is 23.0. The van der Waals surface area contributed by atoms with E-state index >= 15 is 0 Å². The van der Waals surface area contributed by atoms with Crippen molar-refractivity contribution in [2.24, 2.45) is 0 Å². The highest BCUT2D eigenvalue weighted by atomic mass is 16.6. The molecule has 0 fully saturated rings. The first-order valence-corrected chi connectivity index (χ1v) is 10.1. The predicted molar refractivity (Wildman–Crippen MR) is 114 cm³/mol. The molecule has 0 aliphatic carbocycles. The lowest BCUT2D eigenvalue weighted by Gasteiger charge is -2.36. The summed E-state index contributed by atoms with van der Waals surface area (Å²) in [5.41, 5.74) is 0.849. The Morgan fingerprint density at radius 2 is 1.59 bits per heavy atom. The maximum Gasteiger partial charge on any atom is 0.303 e. The van der Waals surface area contributed by atoms with Crippen LogP contribution in [0.3, 0.4) is 0 Å². The summed E-state index contributed by atoms with van der Waals surface area (Å²) in [5, 5.41) is 1.67. The van der Waals surface area contributed by atoms with E-state index in [-0.39, 0.29) is 18.0 Å². The van der Waals surface area contributed by atoms with Crippen molar-refractivity contribution >= 4 is 34.5 Å². The van der Waals surface area contributed by atoms with Crippen LogP contribution in [0.1, 0.15) is 39.2 Å². The number of carbonyl (C=O) groups excluding carboxylic acids is 4. The minimum Gasteiger partial charge on any atom is -0.464 e. The molecule has 0 unspecified atom stereocenters. The van der Waals surface area contributed by atoms with E-state index in [0.29, 0.717) is 11.3 Å². The fourth-order valence-electron chi connectivity index (χ4n) is 3.86. The third kappa shape index (κ3) is 4.96. The van der Waals surface area contributed by atoms with E-state index in [2.05, 4.69) is 0 Å². The molecular weight excluding hydrogens is 416 g/mol. The Morgan fingerprint density at radius 3 is 2.22 bits per heavy atom. The highest BCUT2D eigenvalue weighted by Crippen LogP contribution is 2.45. The standard InChI is InChI=1S/C24H24O8/c1-13(25)19-11-30-20-10-9-17-7-5-6-8-18(17)22(20)23(19)24(32-16(4)28)21(31-15(3)27)12-29-14(2)26/h5-11,21,23-24H,12H2,1-4H3/t21-,23-,24+/m1/s1. The first-order valence-electron chi connectivity index (χ1n) is 10.1. The second-order valence-electron chi connectivity index (χ2n) is 7.45. The second kappa shape index (κ2) is 9.64. The molecule has 3 rings (SSSR count). The molecule has 3 atom stereocenters. The minimum atomic E-state index is -1.15. The number of fused-ring (bicyclic) bond motifs is 3. The SMILES string of the molecule is CC(=O)OC[C@@H](OC(C)=O)[C@H](OC(C)=O)[C@@H]1C(C(C)=O)=COc2ccc3ccccc3c21. The van der Waals surface area contributed by atoms with Crippen LogP contribution in [0.2, 0.25) is 0 Å². The summed E-state index contributed by atoms with van der Waals surface area (Å²) in [6.45, 7) is 4.64. The van der Waals surface area contributed by atoms with Crippen LogP contribution in [0.5, 0.6) is 5.75 Å². The number of Topliss-reactive ketones (excluding diaryl/α,β-unsaturated/α-hetero) is 1. The molecule has 0 amide bonds. The predicted octanol–water partition coefficient (Wildman–Crippen LogP) is 3.22. The normalized spacial score (nSPS) is 16.6. The summed E-state index contributed by atoms with van der Waals surface area (Å²) in [6.07, 6.45) is -0.991. The van der Waals surface area contributed by atoms with Gasteiger partial charge < -0.3 is 18.9 Å². The summed E-state index contributed by atoms with van der Waals surface area (Å²) in [6, 6.07) is 11.1. The highest BCUT2D eigenvalue weighted by Gasteiger charge is 2.43. The topological polar surface area (TPSA) is 105 Å². The number of ketones is 1. The zero-order valence-electron chi connectivity index (χ0n) is 18.2. The largest absolute Gasteiger partial charge is 0.464 e. The van der Waals surface area contributed by atoms with Crippen LogP contribution < -0.4 is 4.74 Å². The third-order valence-corrected chi connectivity index (χ3v) is 5.06. The summed E-state index contributed by atoms with van der Waals surface area (Å²) in [7, 11) is 0. The van der Waals surface area contributed by atoms with Gasteiger partial charge in [0, 0.05) is 31.9 Å². The van der Waals surface area contributed by atoms with Crippen molar-refractivity contribution in [1.82, 2.24) is 0 Å². The maximum absolute atomic E-state index is 12.6. The van der Waals surface area contributed by atoms with Gasteiger partial charge >= 0.3 is 17.9 Å². The molecule has 1 aliphatic rings. The Balaban J connectivity index is 2.23. The van der Waals surface area contributed by atoms with Crippen LogP contribution in [0.4, 0.5) is 0 Å². The molecule has 2 aromatic carbocycles. The fraction of sp³-hybridized carbons (Fsp3) is 0.333. The smallest absolute Gasteiger partial charge is 0.303 e. The molecule has 168 valence electrons. The number of rotatable bonds is 7. The Bertz CT molecular complexity index is 1100. The van der Waals surface area contributed by atoms with Gasteiger partial charge in [-0.25, -0.2) is 0 Å². The van der Waals surface area contributed by atoms with Crippen molar-refractivity contribution in [3.63, 3.8) is 0 Å². The molecule has 0 aromatic heterocycles. The molecule has 8 heteroatoms. The molecule has 8 nitrogen and oxygen atoms in total. The van der Waals surface area contributed by atoms with Crippen LogP contribution in [0.15, 0.2) is 48.2 Å². The van der Waals surface area contributed by atoms with Crippen molar-refractivity contribution in [2.45, 2.75) is 45.8 Å². The monoisotopic (exact) mass is 440 g/mol. The van der Waals surface area contributed by atoms with Crippen molar-refractivity contribution in [3.05, 3.63) is 53.8 Å². The number of ether oxygens (including phenoxy) is 4. The van der Waals surface area contributed by atoms with Gasteiger partial charge in [0.15, 0.2) is 18.0 Å². The van der Waals surface area contributed by atoms with E-state index < -0.39 is 36.0 Å². The Hall–Kier alpha value is -3.68. The van der Waals surface area contributed by atoms with Gasteiger partial charge in [-0.05, 0) is 23.8 Å². The van der Waals surface area contributed by atoms with Crippen molar-refractivity contribution in [2.75, 3.05) is 6.61 Å². The number of carbonyl (C=O) groups is 4. The molecule has 0 saturated carbocycles. The Morgan fingerprint density at radius 1 is 0.906 bits per heavy atom. The number of esters is 3. The molecule has 1 heterocycles. The Labute approximate surface area is 185 Å². The third-order valence-electron chi connectivity index (χ3n) is 5.06. The summed E-state index contributed by atoms with van der Waals surface area (Å²) < 4.78 is 21.8. The van der Waals surface area contributed by atoms with Gasteiger partial charge in [-0.2, -0.15) is 0 Å². The lowest BCUT2D eigenvalue weighted by Crippen LogP contribution is -2.44. The van der Waals surface area contributed by atoms with E-state index in [1.54, 1.807) is 6.07 Å². The lowest BCUT2D eigenvalue weighted by atomic mass is 9.79. The quantitative estimate of drug-likeness (QED) is 0.477. The highest BCUT2D eigenvalue weighted by molar-refractivity contribution is 5.98. The molecule has 32 heavy (non-hydrogen) atoms. The molecular formula is C24H24O8. The van der Waals surface area contributed by atoms with E-state index in [0.717, 1.165) is 10.8 Å². The van der Waals surface area contributed by atoms with Crippen molar-refractivity contribution in [1.29, 1.82) is 0 Å². The molecule has 0 saturated heterocycles. The average Bonchev–Trinajstić information content (AvgIpc) is 2.73. The summed E-state index contributed by atoms with van der Waals surface area (Å²) >= 11 is 0. The van der Waals surface area contributed by atoms with Crippen LogP contribution in [-0.4, -0.2) is 42.5 Å². The first-order chi connectivity index (χ1) is 15.2. The van der Waals surface area contributed by atoms with Crippen LogP contribution in [0, 0.1) is 0 Å². The van der Waals surface area contributed by atoms with Crippen LogP contribution in [-0.2, 0) is 33.4 Å². The summed E-state index contributed by atoms with van der Waals surface area (Å²) in [5.74, 6) is -2.55. The zero-order valence-corrected chi connectivity index (χ0v) is 18.2. The van der Waals surface area contributed by atoms with Gasteiger partial charge in [-0.3, -0.25) is 19.2 Å². The summed E-state index contributed by atoms with van der Waals surface area (Å²) in [4.78, 5) is 47.9. The van der Waals surface area contributed by atoms with Gasteiger partial charge in [0.2, 0.25) is 0 Å². The van der Waals surface area contributed by atoms with Gasteiger partial charge in [0.25, 0.3) is 0 Å². The maximum atomic E-state index is 12.6. The van der Waals surface area contributed by atoms with E-state index in [1.807, 2.05) is 30.3 Å². The molecule has 0 spiro atoms. The molecule has 0 radical (unpaired) electrons. The molecule has 2 aromatic rings. The van der Waals surface area contributed by atoms with Gasteiger partial charge in [-0.1, -0.05) is 30.3 Å². The van der Waals surface area contributed by atoms with Gasteiger partial charge in [0.1, 0.15) is 12.4 Å². The molecule has 1 aliphatic heterocycles.